The highest BCUT2D eigenvalue weighted by atomic mass is 35.5. The number of hydrogen-bond acceptors (Lipinski definition) is 6. The molecule has 0 aromatic heterocycles. The molecule has 0 saturated carbocycles. The van der Waals surface area contributed by atoms with Gasteiger partial charge < -0.3 is 25.4 Å². The van der Waals surface area contributed by atoms with E-state index in [-0.39, 0.29) is 11.6 Å². The van der Waals surface area contributed by atoms with Crippen LogP contribution in [0.3, 0.4) is 0 Å². The molecule has 4 aromatic rings. The van der Waals surface area contributed by atoms with Crippen LogP contribution in [-0.2, 0) is 9.59 Å². The maximum atomic E-state index is 13.4. The molecule has 43 heavy (non-hydrogen) atoms. The normalized spacial score (nSPS) is 11.7. The average molecular weight is 616 g/mol. The molecule has 3 amide bonds. The third kappa shape index (κ3) is 8.88. The SMILES string of the molecule is COc1ccc(NC(=O)C(C)Sc2cccc(NC(=O)/C(=C/c3cccc(Cl)c3)NC(=O)c3ccccc3)c2)c(OC)c1. The molecule has 0 saturated heterocycles. The monoisotopic (exact) mass is 615 g/mol. The van der Waals surface area contributed by atoms with Crippen LogP contribution in [0.25, 0.3) is 6.08 Å². The molecule has 0 radical (unpaired) electrons. The molecule has 0 fully saturated rings. The molecule has 1 unspecified atom stereocenters. The summed E-state index contributed by atoms with van der Waals surface area (Å²) in [6.07, 6.45) is 1.56. The van der Waals surface area contributed by atoms with Crippen LogP contribution < -0.4 is 25.4 Å². The smallest absolute Gasteiger partial charge is 0.272 e. The number of carbonyl (C=O) groups is 3. The lowest BCUT2D eigenvalue weighted by Gasteiger charge is -2.16. The molecule has 1 atom stereocenters. The van der Waals surface area contributed by atoms with Crippen LogP contribution in [0.4, 0.5) is 11.4 Å². The minimum absolute atomic E-state index is 0.0374. The fourth-order valence-corrected chi connectivity index (χ4v) is 5.07. The van der Waals surface area contributed by atoms with E-state index < -0.39 is 17.1 Å². The Labute approximate surface area is 259 Å². The first-order chi connectivity index (χ1) is 20.7. The van der Waals surface area contributed by atoms with E-state index >= 15 is 0 Å². The quantitative estimate of drug-likeness (QED) is 0.125. The number of hydrogen-bond donors (Lipinski definition) is 3. The molecule has 10 heteroatoms. The molecule has 4 aromatic carbocycles. The van der Waals surface area contributed by atoms with Gasteiger partial charge in [-0.15, -0.1) is 11.8 Å². The van der Waals surface area contributed by atoms with Crippen molar-refractivity contribution in [2.75, 3.05) is 24.9 Å². The Bertz CT molecular complexity index is 1640. The maximum absolute atomic E-state index is 13.4. The Balaban J connectivity index is 1.47. The molecule has 0 aliphatic rings. The van der Waals surface area contributed by atoms with E-state index in [1.54, 1.807) is 111 Å². The van der Waals surface area contributed by atoms with E-state index in [2.05, 4.69) is 16.0 Å². The number of thioether (sulfide) groups is 1. The van der Waals surface area contributed by atoms with Crippen molar-refractivity contribution >= 4 is 58.5 Å². The number of nitrogens with one attached hydrogen (secondary N) is 3. The molecule has 8 nitrogen and oxygen atoms in total. The fraction of sp³-hybridized carbons (Fsp3) is 0.121. The van der Waals surface area contributed by atoms with Gasteiger partial charge in [0.15, 0.2) is 0 Å². The number of methoxy groups -OCH3 is 2. The number of anilines is 2. The van der Waals surface area contributed by atoms with Crippen molar-refractivity contribution in [3.63, 3.8) is 0 Å². The van der Waals surface area contributed by atoms with Crippen LogP contribution in [0, 0.1) is 0 Å². The second-order valence-electron chi connectivity index (χ2n) is 9.23. The predicted molar refractivity (Wildman–Crippen MR) is 172 cm³/mol. The summed E-state index contributed by atoms with van der Waals surface area (Å²) in [6, 6.07) is 27.8. The van der Waals surface area contributed by atoms with Gasteiger partial charge in [0.2, 0.25) is 5.91 Å². The third-order valence-corrected chi connectivity index (χ3v) is 7.46. The van der Waals surface area contributed by atoms with Gasteiger partial charge in [0, 0.05) is 27.2 Å². The van der Waals surface area contributed by atoms with Gasteiger partial charge in [0.1, 0.15) is 17.2 Å². The van der Waals surface area contributed by atoms with Gasteiger partial charge in [-0.1, -0.05) is 48.0 Å². The second-order valence-corrected chi connectivity index (χ2v) is 11.1. The second kappa shape index (κ2) is 14.9. The number of carbonyl (C=O) groups excluding carboxylic acids is 3. The summed E-state index contributed by atoms with van der Waals surface area (Å²) < 4.78 is 10.6. The summed E-state index contributed by atoms with van der Waals surface area (Å²) in [7, 11) is 3.07. The number of benzene rings is 4. The molecule has 0 bridgehead atoms. The van der Waals surface area contributed by atoms with E-state index in [9.17, 15) is 14.4 Å². The largest absolute Gasteiger partial charge is 0.497 e. The lowest BCUT2D eigenvalue weighted by atomic mass is 10.1. The molecular weight excluding hydrogens is 586 g/mol. The zero-order valence-corrected chi connectivity index (χ0v) is 25.3. The Morgan fingerprint density at radius 2 is 1.60 bits per heavy atom. The van der Waals surface area contributed by atoms with Crippen molar-refractivity contribution < 1.29 is 23.9 Å². The van der Waals surface area contributed by atoms with Gasteiger partial charge in [-0.2, -0.15) is 0 Å². The first-order valence-electron chi connectivity index (χ1n) is 13.2. The van der Waals surface area contributed by atoms with Gasteiger partial charge in [-0.3, -0.25) is 14.4 Å². The molecule has 0 heterocycles. The van der Waals surface area contributed by atoms with Crippen LogP contribution >= 0.6 is 23.4 Å². The van der Waals surface area contributed by atoms with Crippen molar-refractivity contribution in [2.24, 2.45) is 0 Å². The van der Waals surface area contributed by atoms with E-state index in [0.29, 0.717) is 39.0 Å². The standard InChI is InChI=1S/C33H30ClN3O5S/c1-21(31(38)36-28-16-15-26(41-2)20-30(28)42-3)43-27-14-8-13-25(19-27)35-33(40)29(18-22-9-7-12-24(34)17-22)37-32(39)23-10-5-4-6-11-23/h4-21H,1-3H3,(H,35,40)(H,36,38)(H,37,39)/b29-18-. The van der Waals surface area contributed by atoms with Gasteiger partial charge in [0.05, 0.1) is 25.2 Å². The van der Waals surface area contributed by atoms with Gasteiger partial charge >= 0.3 is 0 Å². The number of amides is 3. The molecule has 0 spiro atoms. The van der Waals surface area contributed by atoms with Crippen LogP contribution in [0.5, 0.6) is 11.5 Å². The first kappa shape index (κ1) is 31.2. The van der Waals surface area contributed by atoms with Crippen molar-refractivity contribution in [1.82, 2.24) is 5.32 Å². The zero-order chi connectivity index (χ0) is 30.8. The molecule has 4 rings (SSSR count). The minimum Gasteiger partial charge on any atom is -0.497 e. The summed E-state index contributed by atoms with van der Waals surface area (Å²) in [6.45, 7) is 1.78. The van der Waals surface area contributed by atoms with Gasteiger partial charge in [-0.05, 0) is 73.2 Å². The van der Waals surface area contributed by atoms with Crippen molar-refractivity contribution in [2.45, 2.75) is 17.1 Å². The summed E-state index contributed by atoms with van der Waals surface area (Å²) >= 11 is 7.46. The highest BCUT2D eigenvalue weighted by Gasteiger charge is 2.19. The third-order valence-electron chi connectivity index (χ3n) is 6.13. The molecule has 3 N–H and O–H groups in total. The maximum Gasteiger partial charge on any atom is 0.272 e. The van der Waals surface area contributed by atoms with Gasteiger partial charge in [0.25, 0.3) is 11.8 Å². The summed E-state index contributed by atoms with van der Waals surface area (Å²) in [5, 5.41) is 8.47. The van der Waals surface area contributed by atoms with E-state index in [1.807, 2.05) is 6.07 Å². The zero-order valence-electron chi connectivity index (χ0n) is 23.7. The topological polar surface area (TPSA) is 106 Å². The van der Waals surface area contributed by atoms with Crippen LogP contribution in [0.15, 0.2) is 108 Å². The van der Waals surface area contributed by atoms with E-state index in [0.717, 1.165) is 4.90 Å². The molecule has 0 aliphatic heterocycles. The lowest BCUT2D eigenvalue weighted by molar-refractivity contribution is -0.115. The summed E-state index contributed by atoms with van der Waals surface area (Å²) in [5.41, 5.74) is 2.10. The fourth-order valence-electron chi connectivity index (χ4n) is 3.94. The number of rotatable bonds is 11. The predicted octanol–water partition coefficient (Wildman–Crippen LogP) is 6.89. The summed E-state index contributed by atoms with van der Waals surface area (Å²) in [5.74, 6) is -0.0827. The van der Waals surface area contributed by atoms with Crippen LogP contribution in [-0.4, -0.2) is 37.2 Å². The average Bonchev–Trinajstić information content (AvgIpc) is 3.01. The van der Waals surface area contributed by atoms with Crippen LogP contribution in [0.2, 0.25) is 5.02 Å². The van der Waals surface area contributed by atoms with E-state index in [4.69, 9.17) is 21.1 Å². The number of ether oxygens (including phenoxy) is 2. The Hall–Kier alpha value is -4.73. The first-order valence-corrected chi connectivity index (χ1v) is 14.5. The van der Waals surface area contributed by atoms with Gasteiger partial charge in [-0.25, -0.2) is 0 Å². The highest BCUT2D eigenvalue weighted by Crippen LogP contribution is 2.31. The Kier molecular flexibility index (Phi) is 10.9. The van der Waals surface area contributed by atoms with E-state index in [1.165, 1.54) is 18.9 Å². The Morgan fingerprint density at radius 3 is 2.33 bits per heavy atom. The molecular formula is C33H30ClN3O5S. The minimum atomic E-state index is -0.524. The summed E-state index contributed by atoms with van der Waals surface area (Å²) in [4.78, 5) is 40.0. The molecule has 0 aliphatic carbocycles. The molecule has 220 valence electrons. The number of halogens is 1. The Morgan fingerprint density at radius 1 is 0.837 bits per heavy atom. The highest BCUT2D eigenvalue weighted by molar-refractivity contribution is 8.00. The van der Waals surface area contributed by atoms with Crippen LogP contribution in [0.1, 0.15) is 22.8 Å². The lowest BCUT2D eigenvalue weighted by Crippen LogP contribution is -2.30. The van der Waals surface area contributed by atoms with Crippen molar-refractivity contribution in [3.8, 4) is 11.5 Å². The van der Waals surface area contributed by atoms with Crippen molar-refractivity contribution in [3.05, 3.63) is 119 Å². The van der Waals surface area contributed by atoms with Crippen molar-refractivity contribution in [1.29, 1.82) is 0 Å².